The monoisotopic (exact) mass is 625 g/mol. The van der Waals surface area contributed by atoms with Gasteiger partial charge in [0.1, 0.15) is 0 Å². The Labute approximate surface area is 283 Å². The number of nitrogens with zero attached hydrogens (tertiary/aromatic N) is 5. The van der Waals surface area contributed by atoms with Crippen molar-refractivity contribution >= 4 is 32.6 Å². The van der Waals surface area contributed by atoms with Gasteiger partial charge in [-0.15, -0.1) is 0 Å². The number of pyridine rings is 3. The van der Waals surface area contributed by atoms with Crippen LogP contribution in [0.1, 0.15) is 5.56 Å². The van der Waals surface area contributed by atoms with Crippen LogP contribution in [0.4, 0.5) is 0 Å². The quantitative estimate of drug-likeness (QED) is 0.191. The third kappa shape index (κ3) is 5.00. The summed E-state index contributed by atoms with van der Waals surface area (Å²) in [6.45, 7) is 0. The van der Waals surface area contributed by atoms with E-state index in [9.17, 15) is 5.26 Å². The molecule has 0 unspecified atom stereocenters. The van der Waals surface area contributed by atoms with Crippen LogP contribution in [0.3, 0.4) is 0 Å². The summed E-state index contributed by atoms with van der Waals surface area (Å²) in [7, 11) is 0. The Morgan fingerprint density at radius 2 is 1.29 bits per heavy atom. The molecular weight excluding hydrogens is 599 g/mol. The molecule has 0 bridgehead atoms. The molecule has 9 rings (SSSR count). The summed E-state index contributed by atoms with van der Waals surface area (Å²) < 4.78 is 2.25. The summed E-state index contributed by atoms with van der Waals surface area (Å²) in [6.07, 6.45) is 7.37. The molecule has 228 valence electrons. The SMILES string of the molecule is N#Cc1cc(-c2ccc3c(c2)c2ccncc2n3-c2ccccc2)cc(-c2cc(-c3cccc4ccccc34)cc(-c3cccnc3)n2)c1. The van der Waals surface area contributed by atoms with Crippen molar-refractivity contribution in [2.45, 2.75) is 0 Å². The Kier molecular flexibility index (Phi) is 6.78. The van der Waals surface area contributed by atoms with Gasteiger partial charge in [-0.2, -0.15) is 5.26 Å². The minimum absolute atomic E-state index is 0.573. The van der Waals surface area contributed by atoms with Crippen molar-refractivity contribution in [1.82, 2.24) is 19.5 Å². The lowest BCUT2D eigenvalue weighted by Crippen LogP contribution is -1.94. The summed E-state index contributed by atoms with van der Waals surface area (Å²) in [4.78, 5) is 14.0. The van der Waals surface area contributed by atoms with Crippen LogP contribution >= 0.6 is 0 Å². The van der Waals surface area contributed by atoms with E-state index in [-0.39, 0.29) is 0 Å². The van der Waals surface area contributed by atoms with Gasteiger partial charge in [0.2, 0.25) is 0 Å². The zero-order valence-corrected chi connectivity index (χ0v) is 26.3. The van der Waals surface area contributed by atoms with Gasteiger partial charge in [0.15, 0.2) is 0 Å². The van der Waals surface area contributed by atoms with E-state index >= 15 is 0 Å². The average molecular weight is 626 g/mol. The normalized spacial score (nSPS) is 11.2. The molecule has 5 heteroatoms. The first kappa shape index (κ1) is 28.3. The molecule has 0 atom stereocenters. The number of hydrogen-bond donors (Lipinski definition) is 0. The van der Waals surface area contributed by atoms with Gasteiger partial charge in [0.25, 0.3) is 0 Å². The average Bonchev–Trinajstić information content (AvgIpc) is 3.51. The molecule has 9 aromatic rings. The summed E-state index contributed by atoms with van der Waals surface area (Å²) in [6, 6.07) is 50.4. The molecule has 0 saturated heterocycles. The van der Waals surface area contributed by atoms with E-state index in [0.29, 0.717) is 5.56 Å². The first-order valence-corrected chi connectivity index (χ1v) is 16.1. The zero-order valence-electron chi connectivity index (χ0n) is 26.3. The maximum absolute atomic E-state index is 10.2. The molecule has 0 spiro atoms. The van der Waals surface area contributed by atoms with E-state index in [0.717, 1.165) is 72.3 Å². The van der Waals surface area contributed by atoms with E-state index < -0.39 is 0 Å². The van der Waals surface area contributed by atoms with E-state index in [1.54, 1.807) is 6.20 Å². The van der Waals surface area contributed by atoms with Crippen LogP contribution in [0.15, 0.2) is 164 Å². The first-order valence-electron chi connectivity index (χ1n) is 16.1. The molecular formula is C44H27N5. The molecule has 5 aromatic carbocycles. The number of benzene rings is 5. The van der Waals surface area contributed by atoms with E-state index in [1.807, 2.05) is 48.9 Å². The Balaban J connectivity index is 1.24. The highest BCUT2D eigenvalue weighted by molar-refractivity contribution is 6.10. The smallest absolute Gasteiger partial charge is 0.0992 e. The lowest BCUT2D eigenvalue weighted by Gasteiger charge is -2.13. The number of hydrogen-bond acceptors (Lipinski definition) is 4. The summed E-state index contributed by atoms with van der Waals surface area (Å²) in [5.41, 5.74) is 11.4. The largest absolute Gasteiger partial charge is 0.308 e. The molecule has 5 nitrogen and oxygen atoms in total. The fourth-order valence-electron chi connectivity index (χ4n) is 6.88. The molecule has 0 amide bonds. The predicted molar refractivity (Wildman–Crippen MR) is 198 cm³/mol. The molecule has 0 fully saturated rings. The highest BCUT2D eigenvalue weighted by Gasteiger charge is 2.16. The molecule has 4 aromatic heterocycles. The Hall–Kier alpha value is -6.90. The number of fused-ring (bicyclic) bond motifs is 4. The summed E-state index contributed by atoms with van der Waals surface area (Å²) in [5, 5.41) is 14.8. The topological polar surface area (TPSA) is 67.4 Å². The van der Waals surface area contributed by atoms with Crippen LogP contribution in [0.5, 0.6) is 0 Å². The molecule has 49 heavy (non-hydrogen) atoms. The van der Waals surface area contributed by atoms with Crippen molar-refractivity contribution in [3.8, 4) is 56.5 Å². The van der Waals surface area contributed by atoms with Gasteiger partial charge in [-0.3, -0.25) is 9.97 Å². The third-order valence-corrected chi connectivity index (χ3v) is 9.16. The standard InChI is InChI=1S/C44H27N5/c45-26-29-20-33(31-15-16-43-40(23-31)39-17-19-47-28-44(39)49(43)36-11-2-1-3-12-36)22-35(21-29)42-25-34(24-41(48-42)32-10-7-18-46-27-32)38-14-6-9-30-8-4-5-13-37(30)38/h1-25,27-28H. The lowest BCUT2D eigenvalue weighted by molar-refractivity contribution is 1.17. The van der Waals surface area contributed by atoms with Gasteiger partial charge in [-0.25, -0.2) is 4.98 Å². The first-order chi connectivity index (χ1) is 24.2. The summed E-state index contributed by atoms with van der Waals surface area (Å²) in [5.74, 6) is 0. The van der Waals surface area contributed by atoms with E-state index in [1.165, 1.54) is 10.8 Å². The fourth-order valence-corrected chi connectivity index (χ4v) is 6.88. The van der Waals surface area contributed by atoms with Crippen molar-refractivity contribution < 1.29 is 0 Å². The van der Waals surface area contributed by atoms with Crippen LogP contribution in [-0.4, -0.2) is 19.5 Å². The van der Waals surface area contributed by atoms with Gasteiger partial charge in [-0.1, -0.05) is 66.7 Å². The van der Waals surface area contributed by atoms with Gasteiger partial charge in [0, 0.05) is 46.2 Å². The number of aromatic nitrogens is 4. The van der Waals surface area contributed by atoms with Gasteiger partial charge < -0.3 is 4.57 Å². The number of nitriles is 1. The van der Waals surface area contributed by atoms with Crippen LogP contribution in [0, 0.1) is 11.3 Å². The van der Waals surface area contributed by atoms with Crippen LogP contribution in [0.25, 0.3) is 83.0 Å². The molecule has 0 N–H and O–H groups in total. The van der Waals surface area contributed by atoms with Crippen LogP contribution < -0.4 is 0 Å². The van der Waals surface area contributed by atoms with Gasteiger partial charge >= 0.3 is 0 Å². The Bertz CT molecular complexity index is 2720. The second-order valence-corrected chi connectivity index (χ2v) is 12.1. The Morgan fingerprint density at radius 3 is 2.14 bits per heavy atom. The van der Waals surface area contributed by atoms with Crippen molar-refractivity contribution in [2.75, 3.05) is 0 Å². The van der Waals surface area contributed by atoms with Crippen molar-refractivity contribution in [1.29, 1.82) is 5.26 Å². The minimum atomic E-state index is 0.573. The van der Waals surface area contributed by atoms with Crippen LogP contribution in [-0.2, 0) is 0 Å². The highest BCUT2D eigenvalue weighted by atomic mass is 15.0. The maximum atomic E-state index is 10.2. The molecule has 0 aliphatic rings. The minimum Gasteiger partial charge on any atom is -0.308 e. The second kappa shape index (κ2) is 11.7. The molecule has 0 aliphatic carbocycles. The van der Waals surface area contributed by atoms with Crippen molar-refractivity contribution in [3.63, 3.8) is 0 Å². The lowest BCUT2D eigenvalue weighted by atomic mass is 9.94. The van der Waals surface area contributed by atoms with Crippen molar-refractivity contribution in [2.24, 2.45) is 0 Å². The molecule has 0 aliphatic heterocycles. The van der Waals surface area contributed by atoms with Crippen molar-refractivity contribution in [3.05, 3.63) is 170 Å². The Morgan fingerprint density at radius 1 is 0.490 bits per heavy atom. The zero-order chi connectivity index (χ0) is 32.7. The number of rotatable bonds is 5. The maximum Gasteiger partial charge on any atom is 0.0992 e. The fraction of sp³-hybridized carbons (Fsp3) is 0. The van der Waals surface area contributed by atoms with Crippen LogP contribution in [0.2, 0.25) is 0 Å². The van der Waals surface area contributed by atoms with E-state index in [4.69, 9.17) is 4.98 Å². The predicted octanol–water partition coefficient (Wildman–Crippen LogP) is 10.7. The molecule has 0 radical (unpaired) electrons. The van der Waals surface area contributed by atoms with Gasteiger partial charge in [0.05, 0.1) is 40.3 Å². The third-order valence-electron chi connectivity index (χ3n) is 9.16. The second-order valence-electron chi connectivity index (χ2n) is 12.1. The van der Waals surface area contributed by atoms with E-state index in [2.05, 4.69) is 130 Å². The summed E-state index contributed by atoms with van der Waals surface area (Å²) >= 11 is 0. The van der Waals surface area contributed by atoms with Gasteiger partial charge in [-0.05, 0) is 106 Å². The highest BCUT2D eigenvalue weighted by Crippen LogP contribution is 2.38. The molecule has 0 saturated carbocycles. The number of para-hydroxylation sites is 1. The molecule has 4 heterocycles.